The van der Waals surface area contributed by atoms with E-state index in [0.29, 0.717) is 5.02 Å². The maximum Gasteiger partial charge on any atom is 0.149 e. The number of rotatable bonds is 5. The lowest BCUT2D eigenvalue weighted by molar-refractivity contribution is -0.117. The van der Waals surface area contributed by atoms with E-state index in [0.717, 1.165) is 39.9 Å². The molecule has 8 heteroatoms. The number of carbonyl (C=O) groups is 1. The number of benzene rings is 2. The standard InChI is InChI=1S/C17H12BrClF2N2OS/c1-9(24)7-23-8-17(11-3-2-10(19)4-16(11)23)25-22-15-6-13(20)12(18)5-14(15)21/h2-6,8,22H,7H2,1H3. The van der Waals surface area contributed by atoms with Crippen LogP contribution in [0, 0.1) is 11.6 Å². The van der Waals surface area contributed by atoms with Gasteiger partial charge in [0.05, 0.1) is 27.1 Å². The molecule has 0 aliphatic heterocycles. The van der Waals surface area contributed by atoms with Crippen LogP contribution in [0.4, 0.5) is 14.5 Å². The molecule has 1 heterocycles. The number of anilines is 1. The van der Waals surface area contributed by atoms with Crippen LogP contribution < -0.4 is 4.72 Å². The highest BCUT2D eigenvalue weighted by atomic mass is 79.9. The van der Waals surface area contributed by atoms with Gasteiger partial charge in [-0.05, 0) is 53.0 Å². The van der Waals surface area contributed by atoms with Crippen LogP contribution in [0.2, 0.25) is 5.02 Å². The molecule has 0 aliphatic carbocycles. The predicted molar refractivity (Wildman–Crippen MR) is 101 cm³/mol. The molecule has 0 fully saturated rings. The zero-order chi connectivity index (χ0) is 18.1. The molecule has 25 heavy (non-hydrogen) atoms. The number of nitrogens with zero attached hydrogens (tertiary/aromatic N) is 1. The lowest BCUT2D eigenvalue weighted by Crippen LogP contribution is -2.04. The Labute approximate surface area is 160 Å². The summed E-state index contributed by atoms with van der Waals surface area (Å²) in [6.07, 6.45) is 1.78. The average Bonchev–Trinajstić information content (AvgIpc) is 2.86. The Morgan fingerprint density at radius 2 is 2.04 bits per heavy atom. The van der Waals surface area contributed by atoms with E-state index in [4.69, 9.17) is 11.6 Å². The first-order valence-electron chi connectivity index (χ1n) is 7.20. The van der Waals surface area contributed by atoms with Gasteiger partial charge in [-0.3, -0.25) is 4.79 Å². The number of nitrogens with one attached hydrogen (secondary N) is 1. The van der Waals surface area contributed by atoms with Crippen molar-refractivity contribution >= 4 is 61.9 Å². The number of hydrogen-bond acceptors (Lipinski definition) is 3. The fourth-order valence-corrected chi connectivity index (χ4v) is 3.71. The number of ketones is 1. The summed E-state index contributed by atoms with van der Waals surface area (Å²) in [4.78, 5) is 12.2. The summed E-state index contributed by atoms with van der Waals surface area (Å²) in [5.74, 6) is -1.13. The summed E-state index contributed by atoms with van der Waals surface area (Å²) in [6, 6.07) is 7.49. The molecule has 1 aromatic heterocycles. The van der Waals surface area contributed by atoms with Gasteiger partial charge in [0.15, 0.2) is 0 Å². The van der Waals surface area contributed by atoms with Crippen LogP contribution in [0.3, 0.4) is 0 Å². The van der Waals surface area contributed by atoms with E-state index in [1.165, 1.54) is 6.92 Å². The summed E-state index contributed by atoms with van der Waals surface area (Å²) in [5, 5.41) is 1.42. The van der Waals surface area contributed by atoms with Gasteiger partial charge in [0.1, 0.15) is 17.4 Å². The molecular weight excluding hydrogens is 434 g/mol. The monoisotopic (exact) mass is 444 g/mol. The number of aromatic nitrogens is 1. The second kappa shape index (κ2) is 7.35. The number of Topliss-reactive ketones (excluding diaryl/α,β-unsaturated/α-hetero) is 1. The van der Waals surface area contributed by atoms with Gasteiger partial charge in [-0.25, -0.2) is 8.78 Å². The summed E-state index contributed by atoms with van der Waals surface area (Å²) in [7, 11) is 0. The highest BCUT2D eigenvalue weighted by Crippen LogP contribution is 2.34. The summed E-state index contributed by atoms with van der Waals surface area (Å²) in [5.41, 5.74) is 0.835. The second-order valence-electron chi connectivity index (χ2n) is 5.44. The van der Waals surface area contributed by atoms with Gasteiger partial charge < -0.3 is 9.29 Å². The second-order valence-corrected chi connectivity index (χ2v) is 7.57. The van der Waals surface area contributed by atoms with Crippen LogP contribution in [0.15, 0.2) is 45.9 Å². The quantitative estimate of drug-likeness (QED) is 0.384. The van der Waals surface area contributed by atoms with Crippen molar-refractivity contribution in [1.82, 2.24) is 4.57 Å². The van der Waals surface area contributed by atoms with Crippen molar-refractivity contribution in [1.29, 1.82) is 0 Å². The van der Waals surface area contributed by atoms with E-state index < -0.39 is 11.6 Å². The van der Waals surface area contributed by atoms with Crippen molar-refractivity contribution < 1.29 is 13.6 Å². The predicted octanol–water partition coefficient (Wildman–Crippen LogP) is 6.04. The summed E-state index contributed by atoms with van der Waals surface area (Å²) >= 11 is 10.1. The highest BCUT2D eigenvalue weighted by Gasteiger charge is 2.13. The van der Waals surface area contributed by atoms with Gasteiger partial charge in [-0.15, -0.1) is 0 Å². The van der Waals surface area contributed by atoms with Gasteiger partial charge in [0.25, 0.3) is 0 Å². The molecule has 3 aromatic rings. The molecule has 0 radical (unpaired) electrons. The fraction of sp³-hybridized carbons (Fsp3) is 0.118. The first-order chi connectivity index (χ1) is 11.8. The normalized spacial score (nSPS) is 11.1. The molecule has 3 nitrogen and oxygen atoms in total. The molecule has 3 rings (SSSR count). The lowest BCUT2D eigenvalue weighted by atomic mass is 10.2. The van der Waals surface area contributed by atoms with Crippen LogP contribution in [-0.2, 0) is 11.3 Å². The third-order valence-electron chi connectivity index (χ3n) is 3.48. The summed E-state index contributed by atoms with van der Waals surface area (Å²) in [6.45, 7) is 1.71. The topological polar surface area (TPSA) is 34.0 Å². The van der Waals surface area contributed by atoms with Crippen LogP contribution >= 0.6 is 39.5 Å². The van der Waals surface area contributed by atoms with Crippen LogP contribution in [-0.4, -0.2) is 10.4 Å². The molecule has 0 aliphatic rings. The molecule has 1 N–H and O–H groups in total. The summed E-state index contributed by atoms with van der Waals surface area (Å²) < 4.78 is 32.2. The first-order valence-corrected chi connectivity index (χ1v) is 9.19. The molecular formula is C17H12BrClF2N2OS. The molecule has 0 atom stereocenters. The van der Waals surface area contributed by atoms with E-state index in [1.54, 1.807) is 22.9 Å². The van der Waals surface area contributed by atoms with E-state index in [2.05, 4.69) is 20.7 Å². The molecule has 0 bridgehead atoms. The Kier molecular flexibility index (Phi) is 5.36. The zero-order valence-electron chi connectivity index (χ0n) is 12.9. The third kappa shape index (κ3) is 3.99. The Morgan fingerprint density at radius 3 is 2.76 bits per heavy atom. The zero-order valence-corrected chi connectivity index (χ0v) is 16.1. The van der Waals surface area contributed by atoms with E-state index in [9.17, 15) is 13.6 Å². The Bertz CT molecular complexity index is 977. The average molecular weight is 446 g/mol. The SMILES string of the molecule is CC(=O)Cn1cc(SNc2cc(F)c(Br)cc2F)c2ccc(Cl)cc21. The van der Waals surface area contributed by atoms with Crippen LogP contribution in [0.1, 0.15) is 6.92 Å². The molecule has 0 saturated carbocycles. The van der Waals surface area contributed by atoms with Crippen molar-refractivity contribution in [3.8, 4) is 0 Å². The number of halogens is 4. The molecule has 0 spiro atoms. The highest BCUT2D eigenvalue weighted by molar-refractivity contribution is 9.10. The van der Waals surface area contributed by atoms with Gasteiger partial charge in [0.2, 0.25) is 0 Å². The Hall–Kier alpha value is -1.57. The number of fused-ring (bicyclic) bond motifs is 1. The van der Waals surface area contributed by atoms with Gasteiger partial charge in [0, 0.05) is 22.7 Å². The molecule has 0 unspecified atom stereocenters. The smallest absolute Gasteiger partial charge is 0.149 e. The van der Waals surface area contributed by atoms with E-state index in [1.807, 2.05) is 6.07 Å². The van der Waals surface area contributed by atoms with Gasteiger partial charge in [-0.1, -0.05) is 17.7 Å². The fourth-order valence-electron chi connectivity index (χ4n) is 2.39. The maximum absolute atomic E-state index is 13.9. The van der Waals surface area contributed by atoms with Crippen molar-refractivity contribution in [2.24, 2.45) is 0 Å². The maximum atomic E-state index is 13.9. The number of hydrogen-bond donors (Lipinski definition) is 1. The first kappa shape index (κ1) is 18.2. The van der Waals surface area contributed by atoms with Crippen molar-refractivity contribution in [3.63, 3.8) is 0 Å². The largest absolute Gasteiger partial charge is 0.339 e. The van der Waals surface area contributed by atoms with Gasteiger partial charge in [-0.2, -0.15) is 0 Å². The van der Waals surface area contributed by atoms with E-state index >= 15 is 0 Å². The van der Waals surface area contributed by atoms with Crippen molar-refractivity contribution in [2.45, 2.75) is 18.4 Å². The van der Waals surface area contributed by atoms with Crippen molar-refractivity contribution in [3.05, 3.63) is 57.7 Å². The van der Waals surface area contributed by atoms with Gasteiger partial charge >= 0.3 is 0 Å². The van der Waals surface area contributed by atoms with E-state index in [-0.39, 0.29) is 22.5 Å². The molecule has 130 valence electrons. The van der Waals surface area contributed by atoms with Crippen LogP contribution in [0.25, 0.3) is 10.9 Å². The minimum absolute atomic E-state index is 0.00223. The Morgan fingerprint density at radius 1 is 1.28 bits per heavy atom. The van der Waals surface area contributed by atoms with Crippen LogP contribution in [0.5, 0.6) is 0 Å². The molecule has 0 saturated heterocycles. The van der Waals surface area contributed by atoms with Crippen molar-refractivity contribution in [2.75, 3.05) is 4.72 Å². The third-order valence-corrected chi connectivity index (χ3v) is 5.19. The minimum atomic E-state index is -0.573. The Balaban J connectivity index is 1.94. The molecule has 0 amide bonds. The lowest BCUT2D eigenvalue weighted by Gasteiger charge is -2.07. The molecule has 2 aromatic carbocycles. The minimum Gasteiger partial charge on any atom is -0.339 e. The number of carbonyl (C=O) groups excluding carboxylic acids is 1.